The van der Waals surface area contributed by atoms with Crippen LogP contribution in [0.1, 0.15) is 31.6 Å². The maximum absolute atomic E-state index is 14.3. The number of aryl methyl sites for hydroxylation is 1. The molecule has 1 aliphatic carbocycles. The number of piperidine rings is 1. The van der Waals surface area contributed by atoms with Crippen LogP contribution in [-0.4, -0.2) is 53.4 Å². The number of alkyl halides is 5. The lowest BCUT2D eigenvalue weighted by molar-refractivity contribution is -0.287. The summed E-state index contributed by atoms with van der Waals surface area (Å²) in [5.74, 6) is -3.16. The summed E-state index contributed by atoms with van der Waals surface area (Å²) < 4.78 is 88.9. The third-order valence-corrected chi connectivity index (χ3v) is 6.51. The minimum absolute atomic E-state index is 0.102. The summed E-state index contributed by atoms with van der Waals surface area (Å²) in [6, 6.07) is 4.42. The van der Waals surface area contributed by atoms with Crippen LogP contribution in [0.2, 0.25) is 0 Å². The maximum Gasteiger partial charge on any atom is 0.454 e. The zero-order valence-electron chi connectivity index (χ0n) is 18.0. The van der Waals surface area contributed by atoms with Crippen molar-refractivity contribution in [2.24, 2.45) is 17.8 Å². The van der Waals surface area contributed by atoms with Gasteiger partial charge in [0.15, 0.2) is 0 Å². The van der Waals surface area contributed by atoms with Crippen LogP contribution in [0.5, 0.6) is 5.75 Å². The van der Waals surface area contributed by atoms with Crippen LogP contribution >= 0.6 is 0 Å². The predicted octanol–water partition coefficient (Wildman–Crippen LogP) is 5.50. The summed E-state index contributed by atoms with van der Waals surface area (Å²) in [4.78, 5) is 1.21. The Hall–Kier alpha value is -2.30. The molecule has 1 aliphatic heterocycles. The summed E-state index contributed by atoms with van der Waals surface area (Å²) in [5, 5.41) is 7.48. The van der Waals surface area contributed by atoms with Crippen molar-refractivity contribution in [2.45, 2.75) is 44.7 Å². The molecule has 2 aliphatic rings. The first-order chi connectivity index (χ1) is 15.5. The predicted molar refractivity (Wildman–Crippen MR) is 106 cm³/mol. The number of hydrogen-bond acceptors (Lipinski definition) is 5. The lowest BCUT2D eigenvalue weighted by atomic mass is 9.90. The van der Waals surface area contributed by atoms with Crippen LogP contribution in [0.25, 0.3) is 11.5 Å². The van der Waals surface area contributed by atoms with Gasteiger partial charge in [0.05, 0.1) is 18.7 Å². The van der Waals surface area contributed by atoms with Crippen LogP contribution in [0, 0.1) is 30.5 Å². The van der Waals surface area contributed by atoms with Gasteiger partial charge in [-0.05, 0) is 68.7 Å². The molecule has 0 bridgehead atoms. The van der Waals surface area contributed by atoms with Gasteiger partial charge in [-0.25, -0.2) is 4.39 Å². The molecular weight excluding hydrogens is 452 g/mol. The number of ether oxygens (including phenoxy) is 1. The van der Waals surface area contributed by atoms with E-state index in [0.717, 1.165) is 12.8 Å². The zero-order chi connectivity index (χ0) is 23.8. The third-order valence-electron chi connectivity index (χ3n) is 6.51. The van der Waals surface area contributed by atoms with Crippen molar-refractivity contribution >= 4 is 0 Å². The van der Waals surface area contributed by atoms with Crippen molar-refractivity contribution in [2.75, 3.05) is 26.2 Å². The molecule has 2 fully saturated rings. The van der Waals surface area contributed by atoms with E-state index >= 15 is 0 Å². The lowest BCUT2D eigenvalue weighted by Gasteiger charge is -2.34. The molecule has 1 saturated carbocycles. The molecule has 4 rings (SSSR count). The molecule has 5 nitrogen and oxygen atoms in total. The minimum atomic E-state index is -5.51. The first kappa shape index (κ1) is 23.8. The van der Waals surface area contributed by atoms with Gasteiger partial charge in [-0.15, -0.1) is 10.2 Å². The van der Waals surface area contributed by atoms with Crippen molar-refractivity contribution in [3.8, 4) is 17.2 Å². The van der Waals surface area contributed by atoms with Gasteiger partial charge in [0.25, 0.3) is 5.89 Å². The number of halogens is 6. The fraction of sp³-hybridized carbons (Fsp3) is 0.636. The Labute approximate surface area is 187 Å². The standard InChI is InChI=1S/C22H25F6N3O2/c1-13-29-30-20(33-13)17-3-2-16(11-19(17)23)32-9-6-15-10-18(15)14-4-7-31(8-5-14)12-21(24,25)22(26,27)28/h2-3,11,14-15,18H,4-10,12H2,1H3/t15?,18-/m1/s1. The fourth-order valence-corrected chi connectivity index (χ4v) is 4.58. The Balaban J connectivity index is 1.18. The highest BCUT2D eigenvalue weighted by Crippen LogP contribution is 2.50. The van der Waals surface area contributed by atoms with E-state index in [2.05, 4.69) is 10.2 Å². The second kappa shape index (κ2) is 9.15. The number of likely N-dealkylation sites (tertiary alicyclic amines) is 1. The number of hydrogen-bond donors (Lipinski definition) is 0. The summed E-state index contributed by atoms with van der Waals surface area (Å²) >= 11 is 0. The lowest BCUT2D eigenvalue weighted by Crippen LogP contribution is -2.49. The van der Waals surface area contributed by atoms with E-state index in [1.807, 2.05) is 0 Å². The number of benzene rings is 1. The molecule has 0 radical (unpaired) electrons. The highest BCUT2D eigenvalue weighted by molar-refractivity contribution is 5.55. The van der Waals surface area contributed by atoms with Crippen LogP contribution in [0.3, 0.4) is 0 Å². The van der Waals surface area contributed by atoms with Gasteiger partial charge >= 0.3 is 12.1 Å². The molecule has 182 valence electrons. The number of aromatic nitrogens is 2. The quantitative estimate of drug-likeness (QED) is 0.470. The van der Waals surface area contributed by atoms with Crippen LogP contribution < -0.4 is 4.74 Å². The molecule has 0 amide bonds. The second-order valence-corrected chi connectivity index (χ2v) is 8.88. The zero-order valence-corrected chi connectivity index (χ0v) is 18.0. The minimum Gasteiger partial charge on any atom is -0.493 e. The van der Waals surface area contributed by atoms with E-state index in [0.29, 0.717) is 48.8 Å². The first-order valence-corrected chi connectivity index (χ1v) is 10.9. The summed E-state index contributed by atoms with van der Waals surface area (Å²) in [6.07, 6.45) is -2.49. The summed E-state index contributed by atoms with van der Waals surface area (Å²) in [5.41, 5.74) is 0.199. The Kier molecular flexibility index (Phi) is 6.61. The summed E-state index contributed by atoms with van der Waals surface area (Å²) in [6.45, 7) is 1.26. The van der Waals surface area contributed by atoms with E-state index in [1.165, 1.54) is 17.0 Å². The highest BCUT2D eigenvalue weighted by Gasteiger charge is 2.58. The van der Waals surface area contributed by atoms with Gasteiger partial charge < -0.3 is 9.15 Å². The van der Waals surface area contributed by atoms with E-state index in [-0.39, 0.29) is 24.5 Å². The van der Waals surface area contributed by atoms with Gasteiger partial charge in [-0.3, -0.25) is 4.90 Å². The third kappa shape index (κ3) is 5.62. The molecule has 2 atom stereocenters. The van der Waals surface area contributed by atoms with Crippen LogP contribution in [0.15, 0.2) is 22.6 Å². The average Bonchev–Trinajstić information content (AvgIpc) is 3.38. The van der Waals surface area contributed by atoms with E-state index in [4.69, 9.17) is 9.15 Å². The smallest absolute Gasteiger partial charge is 0.454 e. The largest absolute Gasteiger partial charge is 0.493 e. The molecular formula is C22H25F6N3O2. The van der Waals surface area contributed by atoms with Gasteiger partial charge in [0.2, 0.25) is 5.89 Å². The topological polar surface area (TPSA) is 51.4 Å². The molecule has 2 aromatic rings. The van der Waals surface area contributed by atoms with Gasteiger partial charge in [-0.2, -0.15) is 22.0 Å². The molecule has 2 heterocycles. The van der Waals surface area contributed by atoms with E-state index in [9.17, 15) is 26.3 Å². The average molecular weight is 477 g/mol. The maximum atomic E-state index is 14.3. The monoisotopic (exact) mass is 477 g/mol. The second-order valence-electron chi connectivity index (χ2n) is 8.88. The first-order valence-electron chi connectivity index (χ1n) is 10.9. The Morgan fingerprint density at radius 3 is 2.45 bits per heavy atom. The molecule has 0 spiro atoms. The Morgan fingerprint density at radius 2 is 1.85 bits per heavy atom. The fourth-order valence-electron chi connectivity index (χ4n) is 4.58. The van der Waals surface area contributed by atoms with E-state index in [1.54, 1.807) is 13.0 Å². The summed E-state index contributed by atoms with van der Waals surface area (Å²) in [7, 11) is 0. The van der Waals surface area contributed by atoms with Crippen molar-refractivity contribution in [3.63, 3.8) is 0 Å². The normalized spacial score (nSPS) is 22.5. The number of rotatable bonds is 8. The molecule has 11 heteroatoms. The van der Waals surface area contributed by atoms with Crippen LogP contribution in [0.4, 0.5) is 26.3 Å². The SMILES string of the molecule is Cc1nnc(-c2ccc(OCCC3C[C@@H]3C3CCN(CC(F)(F)C(F)(F)F)CC3)cc2F)o1. The van der Waals surface area contributed by atoms with Crippen molar-refractivity contribution in [3.05, 3.63) is 29.9 Å². The molecule has 1 aromatic heterocycles. The van der Waals surface area contributed by atoms with Crippen molar-refractivity contribution in [1.82, 2.24) is 15.1 Å². The van der Waals surface area contributed by atoms with Crippen molar-refractivity contribution in [1.29, 1.82) is 0 Å². The number of nitrogens with zero attached hydrogens (tertiary/aromatic N) is 3. The van der Waals surface area contributed by atoms with Gasteiger partial charge in [-0.1, -0.05) is 0 Å². The molecule has 1 aromatic carbocycles. The molecule has 33 heavy (non-hydrogen) atoms. The van der Waals surface area contributed by atoms with Gasteiger partial charge in [0.1, 0.15) is 11.6 Å². The molecule has 1 saturated heterocycles. The molecule has 0 N–H and O–H groups in total. The van der Waals surface area contributed by atoms with Crippen LogP contribution in [-0.2, 0) is 0 Å². The Morgan fingerprint density at radius 1 is 1.12 bits per heavy atom. The highest BCUT2D eigenvalue weighted by atomic mass is 19.4. The Bertz CT molecular complexity index is 956. The molecule has 1 unspecified atom stereocenters. The van der Waals surface area contributed by atoms with Gasteiger partial charge in [0, 0.05) is 13.0 Å². The van der Waals surface area contributed by atoms with E-state index < -0.39 is 24.5 Å². The van der Waals surface area contributed by atoms with Crippen molar-refractivity contribution < 1.29 is 35.5 Å².